The first-order valence-electron chi connectivity index (χ1n) is 8.97. The molecule has 2 aliphatic rings. The summed E-state index contributed by atoms with van der Waals surface area (Å²) >= 11 is 1.82. The lowest BCUT2D eigenvalue weighted by Crippen LogP contribution is -2.32. The molecule has 0 aromatic heterocycles. The Balaban J connectivity index is 1.46. The molecule has 1 aliphatic carbocycles. The summed E-state index contributed by atoms with van der Waals surface area (Å²) in [7, 11) is 0. The SMILES string of the molecule is CC1CCN(c2ccc(NC(=O)CSC3CCCC3)cc2)CC1. The normalized spacial score (nSPS) is 20.0. The summed E-state index contributed by atoms with van der Waals surface area (Å²) in [4.78, 5) is 14.5. The van der Waals surface area contributed by atoms with Crippen molar-refractivity contribution in [2.24, 2.45) is 5.92 Å². The minimum atomic E-state index is 0.126. The van der Waals surface area contributed by atoms with Gasteiger partial charge in [-0.2, -0.15) is 0 Å². The molecule has 1 heterocycles. The number of benzene rings is 1. The Kier molecular flexibility index (Phi) is 5.87. The van der Waals surface area contributed by atoms with Crippen molar-refractivity contribution in [3.63, 3.8) is 0 Å². The van der Waals surface area contributed by atoms with Gasteiger partial charge in [0, 0.05) is 29.7 Å². The van der Waals surface area contributed by atoms with Crippen molar-refractivity contribution < 1.29 is 4.79 Å². The van der Waals surface area contributed by atoms with E-state index in [1.54, 1.807) is 0 Å². The van der Waals surface area contributed by atoms with Gasteiger partial charge in [0.05, 0.1) is 5.75 Å². The number of nitrogens with zero attached hydrogens (tertiary/aromatic N) is 1. The third-order valence-corrected chi connectivity index (χ3v) is 6.42. The lowest BCUT2D eigenvalue weighted by molar-refractivity contribution is -0.113. The van der Waals surface area contributed by atoms with Gasteiger partial charge < -0.3 is 10.2 Å². The van der Waals surface area contributed by atoms with Crippen LogP contribution in [0.15, 0.2) is 24.3 Å². The highest BCUT2D eigenvalue weighted by Crippen LogP contribution is 2.29. The molecule has 1 aromatic carbocycles. The molecule has 23 heavy (non-hydrogen) atoms. The molecule has 0 unspecified atom stereocenters. The fourth-order valence-electron chi connectivity index (χ4n) is 3.47. The molecule has 1 N–H and O–H groups in total. The van der Waals surface area contributed by atoms with Gasteiger partial charge in [0.15, 0.2) is 0 Å². The van der Waals surface area contributed by atoms with Gasteiger partial charge in [-0.1, -0.05) is 19.8 Å². The Morgan fingerprint density at radius 1 is 1.13 bits per heavy atom. The first-order valence-corrected chi connectivity index (χ1v) is 10.0. The smallest absolute Gasteiger partial charge is 0.234 e. The highest BCUT2D eigenvalue weighted by molar-refractivity contribution is 8.00. The van der Waals surface area contributed by atoms with E-state index in [4.69, 9.17) is 0 Å². The number of carbonyl (C=O) groups is 1. The number of hydrogen-bond donors (Lipinski definition) is 1. The van der Waals surface area contributed by atoms with E-state index in [1.165, 1.54) is 44.2 Å². The quantitative estimate of drug-likeness (QED) is 0.859. The van der Waals surface area contributed by atoms with Gasteiger partial charge >= 0.3 is 0 Å². The summed E-state index contributed by atoms with van der Waals surface area (Å²) in [6, 6.07) is 8.34. The number of carbonyl (C=O) groups excluding carboxylic acids is 1. The van der Waals surface area contributed by atoms with Gasteiger partial charge in [-0.05, 0) is 55.9 Å². The van der Waals surface area contributed by atoms with E-state index in [-0.39, 0.29) is 5.91 Å². The molecule has 1 amide bonds. The maximum Gasteiger partial charge on any atom is 0.234 e. The van der Waals surface area contributed by atoms with Crippen molar-refractivity contribution in [2.75, 3.05) is 29.1 Å². The van der Waals surface area contributed by atoms with E-state index in [9.17, 15) is 4.79 Å². The van der Waals surface area contributed by atoms with Crippen LogP contribution in [0.4, 0.5) is 11.4 Å². The fourth-order valence-corrected chi connectivity index (χ4v) is 4.59. The van der Waals surface area contributed by atoms with Gasteiger partial charge in [-0.15, -0.1) is 11.8 Å². The molecule has 0 spiro atoms. The molecule has 1 aliphatic heterocycles. The summed E-state index contributed by atoms with van der Waals surface area (Å²) in [5, 5.41) is 3.72. The molecule has 0 bridgehead atoms. The number of nitrogens with one attached hydrogen (secondary N) is 1. The molecule has 2 fully saturated rings. The molecule has 126 valence electrons. The van der Waals surface area contributed by atoms with Crippen molar-refractivity contribution in [1.29, 1.82) is 0 Å². The van der Waals surface area contributed by atoms with Crippen LogP contribution in [-0.2, 0) is 4.79 Å². The second-order valence-electron chi connectivity index (χ2n) is 6.98. The monoisotopic (exact) mass is 332 g/mol. The number of piperidine rings is 1. The molecule has 1 aromatic rings. The van der Waals surface area contributed by atoms with Crippen LogP contribution in [0.3, 0.4) is 0 Å². The van der Waals surface area contributed by atoms with Crippen molar-refractivity contribution in [1.82, 2.24) is 0 Å². The third-order valence-electron chi connectivity index (χ3n) is 5.05. The minimum Gasteiger partial charge on any atom is -0.372 e. The number of anilines is 2. The van der Waals surface area contributed by atoms with Gasteiger partial charge in [0.1, 0.15) is 0 Å². The van der Waals surface area contributed by atoms with Crippen LogP contribution in [0.1, 0.15) is 45.4 Å². The number of hydrogen-bond acceptors (Lipinski definition) is 3. The molecule has 3 nitrogen and oxygen atoms in total. The van der Waals surface area contributed by atoms with Gasteiger partial charge in [0.25, 0.3) is 0 Å². The summed E-state index contributed by atoms with van der Waals surface area (Å²) < 4.78 is 0. The molecule has 1 saturated carbocycles. The van der Waals surface area contributed by atoms with Gasteiger partial charge in [-0.25, -0.2) is 0 Å². The zero-order valence-corrected chi connectivity index (χ0v) is 14.9. The second kappa shape index (κ2) is 8.09. The predicted octanol–water partition coefficient (Wildman–Crippen LogP) is 4.54. The highest BCUT2D eigenvalue weighted by Gasteiger charge is 2.17. The van der Waals surface area contributed by atoms with Crippen LogP contribution in [-0.4, -0.2) is 30.0 Å². The molecule has 0 radical (unpaired) electrons. The van der Waals surface area contributed by atoms with Gasteiger partial charge in [-0.3, -0.25) is 4.79 Å². The Morgan fingerprint density at radius 3 is 2.43 bits per heavy atom. The van der Waals surface area contributed by atoms with E-state index in [2.05, 4.69) is 29.3 Å². The fraction of sp³-hybridized carbons (Fsp3) is 0.632. The van der Waals surface area contributed by atoms with Crippen LogP contribution in [0.25, 0.3) is 0 Å². The van der Waals surface area contributed by atoms with Crippen molar-refractivity contribution in [3.8, 4) is 0 Å². The number of rotatable bonds is 5. The highest BCUT2D eigenvalue weighted by atomic mass is 32.2. The zero-order chi connectivity index (χ0) is 16.1. The lowest BCUT2D eigenvalue weighted by atomic mass is 9.99. The first-order chi connectivity index (χ1) is 11.2. The van der Waals surface area contributed by atoms with Crippen LogP contribution in [0.5, 0.6) is 0 Å². The largest absolute Gasteiger partial charge is 0.372 e. The Labute approximate surface area is 144 Å². The summed E-state index contributed by atoms with van der Waals surface area (Å²) in [5.41, 5.74) is 2.19. The van der Waals surface area contributed by atoms with E-state index >= 15 is 0 Å². The first kappa shape index (κ1) is 16.7. The predicted molar refractivity (Wildman–Crippen MR) is 100 cm³/mol. The second-order valence-corrected chi connectivity index (χ2v) is 8.27. The molecular formula is C19H28N2OS. The van der Waals surface area contributed by atoms with Crippen molar-refractivity contribution in [3.05, 3.63) is 24.3 Å². The molecule has 3 rings (SSSR count). The zero-order valence-electron chi connectivity index (χ0n) is 14.1. The van der Waals surface area contributed by atoms with Crippen LogP contribution in [0.2, 0.25) is 0 Å². The molecule has 1 saturated heterocycles. The maximum absolute atomic E-state index is 12.0. The van der Waals surface area contributed by atoms with Crippen LogP contribution < -0.4 is 10.2 Å². The molecule has 0 atom stereocenters. The van der Waals surface area contributed by atoms with Crippen LogP contribution >= 0.6 is 11.8 Å². The third kappa shape index (κ3) is 4.90. The summed E-state index contributed by atoms with van der Waals surface area (Å²) in [6.07, 6.45) is 7.77. The Morgan fingerprint density at radius 2 is 1.78 bits per heavy atom. The number of amides is 1. The standard InChI is InChI=1S/C19H28N2OS/c1-15-10-12-21(13-11-15)17-8-6-16(7-9-17)20-19(22)14-23-18-4-2-3-5-18/h6-9,15,18H,2-5,10-14H2,1H3,(H,20,22). The maximum atomic E-state index is 12.0. The van der Waals surface area contributed by atoms with E-state index in [1.807, 2.05) is 23.9 Å². The van der Waals surface area contributed by atoms with Crippen molar-refractivity contribution in [2.45, 2.75) is 50.7 Å². The van der Waals surface area contributed by atoms with E-state index in [0.717, 1.165) is 24.7 Å². The topological polar surface area (TPSA) is 32.3 Å². The minimum absolute atomic E-state index is 0.126. The molecule has 4 heteroatoms. The number of thioether (sulfide) groups is 1. The summed E-state index contributed by atoms with van der Waals surface area (Å²) in [5.74, 6) is 1.56. The Bertz CT molecular complexity index is 503. The Hall–Kier alpha value is -1.16. The van der Waals surface area contributed by atoms with Crippen molar-refractivity contribution >= 4 is 29.0 Å². The van der Waals surface area contributed by atoms with Gasteiger partial charge in [0.2, 0.25) is 5.91 Å². The average Bonchev–Trinajstić information content (AvgIpc) is 3.08. The molecular weight excluding hydrogens is 304 g/mol. The average molecular weight is 333 g/mol. The lowest BCUT2D eigenvalue weighted by Gasteiger charge is -2.32. The van der Waals surface area contributed by atoms with E-state index in [0.29, 0.717) is 11.0 Å². The summed E-state index contributed by atoms with van der Waals surface area (Å²) in [6.45, 7) is 4.62. The van der Waals surface area contributed by atoms with Crippen LogP contribution in [0, 0.1) is 5.92 Å². The van der Waals surface area contributed by atoms with E-state index < -0.39 is 0 Å².